The minimum Gasteiger partial charge on any atom is -0.490 e. The number of nitrogens with one attached hydrogen (secondary N) is 2. The van der Waals surface area contributed by atoms with Crippen molar-refractivity contribution in [2.45, 2.75) is 20.3 Å². The van der Waals surface area contributed by atoms with Crippen LogP contribution in [-0.4, -0.2) is 44.8 Å². The summed E-state index contributed by atoms with van der Waals surface area (Å²) in [5, 5.41) is 0. The Labute approximate surface area is 136 Å². The van der Waals surface area contributed by atoms with Gasteiger partial charge in [-0.15, -0.1) is 0 Å². The predicted molar refractivity (Wildman–Crippen MR) is 85.1 cm³/mol. The van der Waals surface area contributed by atoms with Gasteiger partial charge in [-0.25, -0.2) is 0 Å². The van der Waals surface area contributed by atoms with Gasteiger partial charge >= 0.3 is 0 Å². The van der Waals surface area contributed by atoms with Gasteiger partial charge in [0.25, 0.3) is 5.91 Å². The molecule has 128 valence electrons. The SMILES string of the molecule is CCOCCOc1ccccc1C(=O)NNC(=O)CCOCC. The van der Waals surface area contributed by atoms with E-state index in [1.807, 2.05) is 13.8 Å². The molecule has 2 N–H and O–H groups in total. The molecule has 23 heavy (non-hydrogen) atoms. The smallest absolute Gasteiger partial charge is 0.273 e. The van der Waals surface area contributed by atoms with Gasteiger partial charge in [0, 0.05) is 13.2 Å². The van der Waals surface area contributed by atoms with Gasteiger partial charge in [-0.1, -0.05) is 12.1 Å². The number of carbonyl (C=O) groups excluding carboxylic acids is 2. The van der Waals surface area contributed by atoms with E-state index in [9.17, 15) is 9.59 Å². The molecule has 0 saturated carbocycles. The molecule has 0 saturated heterocycles. The van der Waals surface area contributed by atoms with Crippen molar-refractivity contribution in [3.05, 3.63) is 29.8 Å². The first kappa shape index (κ1) is 18.9. The van der Waals surface area contributed by atoms with Crippen molar-refractivity contribution in [1.82, 2.24) is 10.9 Å². The molecular formula is C16H24N2O5. The summed E-state index contributed by atoms with van der Waals surface area (Å²) in [6, 6.07) is 6.81. The van der Waals surface area contributed by atoms with Crippen molar-refractivity contribution < 1.29 is 23.8 Å². The third kappa shape index (κ3) is 7.62. The molecular weight excluding hydrogens is 300 g/mol. The molecule has 7 heteroatoms. The molecule has 0 spiro atoms. The second kappa shape index (κ2) is 11.4. The van der Waals surface area contributed by atoms with Gasteiger partial charge in [-0.2, -0.15) is 0 Å². The minimum absolute atomic E-state index is 0.181. The summed E-state index contributed by atoms with van der Waals surface area (Å²) < 4.78 is 15.8. The van der Waals surface area contributed by atoms with Crippen molar-refractivity contribution in [2.75, 3.05) is 33.0 Å². The summed E-state index contributed by atoms with van der Waals surface area (Å²) in [4.78, 5) is 23.6. The maximum Gasteiger partial charge on any atom is 0.273 e. The molecule has 0 radical (unpaired) electrons. The molecule has 0 aliphatic heterocycles. The summed E-state index contributed by atoms with van der Waals surface area (Å²) in [5.74, 6) is -0.323. The number of hydrazine groups is 1. The molecule has 0 unspecified atom stereocenters. The largest absolute Gasteiger partial charge is 0.490 e. The molecule has 0 heterocycles. The number of para-hydroxylation sites is 1. The maximum atomic E-state index is 12.1. The molecule has 0 aliphatic rings. The van der Waals surface area contributed by atoms with Crippen LogP contribution in [0.4, 0.5) is 0 Å². The van der Waals surface area contributed by atoms with E-state index < -0.39 is 5.91 Å². The molecule has 7 nitrogen and oxygen atoms in total. The van der Waals surface area contributed by atoms with Crippen LogP contribution in [-0.2, 0) is 14.3 Å². The summed E-state index contributed by atoms with van der Waals surface area (Å²) >= 11 is 0. The van der Waals surface area contributed by atoms with Crippen LogP contribution in [0.15, 0.2) is 24.3 Å². The third-order valence-electron chi connectivity index (χ3n) is 2.81. The summed E-state index contributed by atoms with van der Waals surface area (Å²) in [5.41, 5.74) is 5.05. The highest BCUT2D eigenvalue weighted by Gasteiger charge is 2.12. The molecule has 0 aromatic heterocycles. The van der Waals surface area contributed by atoms with Gasteiger partial charge in [0.1, 0.15) is 12.4 Å². The van der Waals surface area contributed by atoms with Crippen molar-refractivity contribution in [3.8, 4) is 5.75 Å². The number of amides is 2. The van der Waals surface area contributed by atoms with Crippen LogP contribution < -0.4 is 15.6 Å². The molecule has 0 fully saturated rings. The van der Waals surface area contributed by atoms with E-state index in [-0.39, 0.29) is 12.3 Å². The van der Waals surface area contributed by atoms with E-state index in [0.29, 0.717) is 44.3 Å². The average molecular weight is 324 g/mol. The van der Waals surface area contributed by atoms with Gasteiger partial charge in [-0.05, 0) is 26.0 Å². The Bertz CT molecular complexity index is 493. The van der Waals surface area contributed by atoms with E-state index >= 15 is 0 Å². The Balaban J connectivity index is 2.47. The molecule has 1 aromatic carbocycles. The maximum absolute atomic E-state index is 12.1. The van der Waals surface area contributed by atoms with Crippen LogP contribution in [0.5, 0.6) is 5.75 Å². The van der Waals surface area contributed by atoms with E-state index in [4.69, 9.17) is 14.2 Å². The number of ether oxygens (including phenoxy) is 3. The summed E-state index contributed by atoms with van der Waals surface area (Å²) in [7, 11) is 0. The van der Waals surface area contributed by atoms with Crippen LogP contribution in [0.25, 0.3) is 0 Å². The zero-order chi connectivity index (χ0) is 16.9. The van der Waals surface area contributed by atoms with Gasteiger partial charge in [0.05, 0.1) is 25.2 Å². The lowest BCUT2D eigenvalue weighted by molar-refractivity contribution is -0.122. The highest BCUT2D eigenvalue weighted by Crippen LogP contribution is 2.17. The summed E-state index contributed by atoms with van der Waals surface area (Å²) in [6.07, 6.45) is 0.181. The van der Waals surface area contributed by atoms with Crippen molar-refractivity contribution in [1.29, 1.82) is 0 Å². The van der Waals surface area contributed by atoms with E-state index in [0.717, 1.165) is 0 Å². The number of hydrogen-bond donors (Lipinski definition) is 2. The number of benzene rings is 1. The fourth-order valence-corrected chi connectivity index (χ4v) is 1.70. The Hall–Kier alpha value is -2.12. The lowest BCUT2D eigenvalue weighted by Gasteiger charge is -2.12. The van der Waals surface area contributed by atoms with Gasteiger partial charge < -0.3 is 14.2 Å². The molecule has 0 bridgehead atoms. The minimum atomic E-state index is -0.443. The molecule has 2 amide bonds. The van der Waals surface area contributed by atoms with Crippen LogP contribution >= 0.6 is 0 Å². The normalized spacial score (nSPS) is 10.2. The zero-order valence-electron chi connectivity index (χ0n) is 13.6. The lowest BCUT2D eigenvalue weighted by atomic mass is 10.2. The van der Waals surface area contributed by atoms with Gasteiger partial charge in [0.15, 0.2) is 0 Å². The average Bonchev–Trinajstić information content (AvgIpc) is 2.57. The van der Waals surface area contributed by atoms with Gasteiger partial charge in [-0.3, -0.25) is 20.4 Å². The fraction of sp³-hybridized carbons (Fsp3) is 0.500. The molecule has 0 atom stereocenters. The predicted octanol–water partition coefficient (Wildman–Crippen LogP) is 1.29. The quantitative estimate of drug-likeness (QED) is 0.500. The first-order valence-electron chi connectivity index (χ1n) is 7.65. The van der Waals surface area contributed by atoms with Crippen LogP contribution in [0.1, 0.15) is 30.6 Å². The van der Waals surface area contributed by atoms with E-state index in [1.165, 1.54) is 0 Å². The molecule has 0 aliphatic carbocycles. The Morgan fingerprint density at radius 3 is 2.39 bits per heavy atom. The third-order valence-corrected chi connectivity index (χ3v) is 2.81. The topological polar surface area (TPSA) is 85.9 Å². The first-order chi connectivity index (χ1) is 11.2. The Morgan fingerprint density at radius 1 is 0.957 bits per heavy atom. The first-order valence-corrected chi connectivity index (χ1v) is 7.65. The second-order valence-electron chi connectivity index (χ2n) is 4.49. The van der Waals surface area contributed by atoms with Crippen molar-refractivity contribution in [2.24, 2.45) is 0 Å². The van der Waals surface area contributed by atoms with Crippen LogP contribution in [0.2, 0.25) is 0 Å². The highest BCUT2D eigenvalue weighted by atomic mass is 16.5. The Kier molecular flexibility index (Phi) is 9.42. The second-order valence-corrected chi connectivity index (χ2v) is 4.49. The molecule has 1 rings (SSSR count). The lowest BCUT2D eigenvalue weighted by Crippen LogP contribution is -2.42. The molecule has 1 aromatic rings. The van der Waals surface area contributed by atoms with E-state index in [1.54, 1.807) is 24.3 Å². The van der Waals surface area contributed by atoms with E-state index in [2.05, 4.69) is 10.9 Å². The number of rotatable bonds is 10. The standard InChI is InChI=1S/C16H24N2O5/c1-3-21-10-9-15(19)17-18-16(20)13-7-5-6-8-14(13)23-12-11-22-4-2/h5-8H,3-4,9-12H2,1-2H3,(H,17,19)(H,18,20). The fourth-order valence-electron chi connectivity index (χ4n) is 1.70. The van der Waals surface area contributed by atoms with Crippen molar-refractivity contribution in [3.63, 3.8) is 0 Å². The van der Waals surface area contributed by atoms with Crippen LogP contribution in [0.3, 0.4) is 0 Å². The van der Waals surface area contributed by atoms with Crippen molar-refractivity contribution >= 4 is 11.8 Å². The Morgan fingerprint density at radius 2 is 1.65 bits per heavy atom. The summed E-state index contributed by atoms with van der Waals surface area (Å²) in [6.45, 7) is 6.01. The highest BCUT2D eigenvalue weighted by molar-refractivity contribution is 5.97. The van der Waals surface area contributed by atoms with Crippen LogP contribution in [0, 0.1) is 0 Å². The number of hydrogen-bond acceptors (Lipinski definition) is 5. The van der Waals surface area contributed by atoms with Gasteiger partial charge in [0.2, 0.25) is 5.91 Å². The zero-order valence-corrected chi connectivity index (χ0v) is 13.6. The monoisotopic (exact) mass is 324 g/mol. The number of carbonyl (C=O) groups is 2.